The fourth-order valence-corrected chi connectivity index (χ4v) is 6.04. The Kier molecular flexibility index (Phi) is 7.71. The predicted molar refractivity (Wildman–Crippen MR) is 138 cm³/mol. The summed E-state index contributed by atoms with van der Waals surface area (Å²) in [5.41, 5.74) is 0. The molecule has 34 heavy (non-hydrogen) atoms. The Morgan fingerprint density at radius 2 is 1.56 bits per heavy atom. The lowest BCUT2D eigenvalue weighted by Crippen LogP contribution is -2.44. The summed E-state index contributed by atoms with van der Waals surface area (Å²) in [6.07, 6.45) is 7.36. The third-order valence-corrected chi connectivity index (χ3v) is 7.74. The monoisotopic (exact) mass is 534 g/mol. The van der Waals surface area contributed by atoms with Gasteiger partial charge in [0.2, 0.25) is 0 Å². The summed E-state index contributed by atoms with van der Waals surface area (Å²) in [6, 6.07) is 5.77. The fourth-order valence-electron chi connectivity index (χ4n) is 3.42. The van der Waals surface area contributed by atoms with Crippen LogP contribution >= 0.6 is 48.0 Å². The zero-order chi connectivity index (χ0) is 24.2. The Labute approximate surface area is 214 Å². The van der Waals surface area contributed by atoms with Gasteiger partial charge in [0.05, 0.1) is 22.3 Å². The molecule has 0 aliphatic carbocycles. The van der Waals surface area contributed by atoms with Crippen LogP contribution in [0.25, 0.3) is 12.2 Å². The van der Waals surface area contributed by atoms with Gasteiger partial charge in [0.15, 0.2) is 0 Å². The SMILES string of the molecule is O=C(O)[C@@H](CCCCN1C(=O)/C(=C\c2ccco2)SC1=S)N1C(=O)/C(=C/c2ccco2)SC1=S. The lowest BCUT2D eigenvalue weighted by Gasteiger charge is -2.23. The molecule has 4 heterocycles. The number of carbonyl (C=O) groups is 3. The van der Waals surface area contributed by atoms with Crippen LogP contribution < -0.4 is 0 Å². The van der Waals surface area contributed by atoms with Crippen LogP contribution in [0.15, 0.2) is 55.4 Å². The van der Waals surface area contributed by atoms with Gasteiger partial charge >= 0.3 is 5.97 Å². The second kappa shape index (κ2) is 10.7. The minimum atomic E-state index is -1.14. The first kappa shape index (κ1) is 24.5. The van der Waals surface area contributed by atoms with Crippen molar-refractivity contribution in [2.24, 2.45) is 0 Å². The van der Waals surface area contributed by atoms with Crippen molar-refractivity contribution in [1.82, 2.24) is 9.80 Å². The summed E-state index contributed by atoms with van der Waals surface area (Å²) in [6.45, 7) is 0.350. The standard InChI is InChI=1S/C22H18N2O6S4/c25-18-16(11-13-5-3-9-29-13)33-21(31)23(18)8-2-1-7-15(20(27)28)24-19(26)17(34-22(24)32)12-14-6-4-10-30-14/h3-6,9-12,15H,1-2,7-8H2,(H,27,28)/b16-11+,17-12-/t15-/m1/s1. The van der Waals surface area contributed by atoms with E-state index in [4.69, 9.17) is 33.3 Å². The number of carboxylic acids is 1. The Hall–Kier alpha value is -2.67. The number of carboxylic acid groups (broad SMARTS) is 1. The van der Waals surface area contributed by atoms with Crippen molar-refractivity contribution < 1.29 is 28.3 Å². The van der Waals surface area contributed by atoms with Crippen molar-refractivity contribution in [2.45, 2.75) is 25.3 Å². The summed E-state index contributed by atoms with van der Waals surface area (Å²) in [4.78, 5) is 40.9. The molecule has 0 saturated carbocycles. The Balaban J connectivity index is 1.34. The van der Waals surface area contributed by atoms with E-state index in [1.54, 1.807) is 36.4 Å². The Morgan fingerprint density at radius 3 is 2.12 bits per heavy atom. The summed E-state index contributed by atoms with van der Waals surface area (Å²) in [7, 11) is 0. The van der Waals surface area contributed by atoms with Crippen LogP contribution in [0.3, 0.4) is 0 Å². The zero-order valence-corrected chi connectivity index (χ0v) is 20.8. The number of hydrogen-bond acceptors (Lipinski definition) is 9. The molecular formula is C22H18N2O6S4. The van der Waals surface area contributed by atoms with Crippen LogP contribution in [0, 0.1) is 0 Å². The maximum Gasteiger partial charge on any atom is 0.326 e. The van der Waals surface area contributed by atoms with Gasteiger partial charge in [-0.3, -0.25) is 19.4 Å². The van der Waals surface area contributed by atoms with Crippen LogP contribution in [0.5, 0.6) is 0 Å². The summed E-state index contributed by atoms with van der Waals surface area (Å²) in [5.74, 6) is -0.756. The van der Waals surface area contributed by atoms with Gasteiger partial charge in [-0.2, -0.15) is 0 Å². The van der Waals surface area contributed by atoms with Crippen molar-refractivity contribution in [3.8, 4) is 0 Å². The van der Waals surface area contributed by atoms with Crippen molar-refractivity contribution in [1.29, 1.82) is 0 Å². The highest BCUT2D eigenvalue weighted by Gasteiger charge is 2.40. The molecule has 2 fully saturated rings. The number of rotatable bonds is 9. The average Bonchev–Trinajstić information content (AvgIpc) is 3.58. The molecule has 8 nitrogen and oxygen atoms in total. The van der Waals surface area contributed by atoms with Crippen molar-refractivity contribution >= 4 is 86.5 Å². The number of thioether (sulfide) groups is 2. The lowest BCUT2D eigenvalue weighted by atomic mass is 10.1. The molecule has 176 valence electrons. The van der Waals surface area contributed by atoms with E-state index in [0.29, 0.717) is 45.0 Å². The minimum absolute atomic E-state index is 0.187. The minimum Gasteiger partial charge on any atom is -0.480 e. The van der Waals surface area contributed by atoms with Gasteiger partial charge in [0.1, 0.15) is 26.2 Å². The second-order valence-electron chi connectivity index (χ2n) is 7.27. The molecule has 1 N–H and O–H groups in total. The smallest absolute Gasteiger partial charge is 0.326 e. The first-order valence-corrected chi connectivity index (χ1v) is 12.6. The third-order valence-electron chi connectivity index (χ3n) is 5.04. The van der Waals surface area contributed by atoms with Crippen LogP contribution in [0.4, 0.5) is 0 Å². The van der Waals surface area contributed by atoms with Gasteiger partial charge in [-0.25, -0.2) is 4.79 Å². The summed E-state index contributed by atoms with van der Waals surface area (Å²) in [5, 5.41) is 9.76. The van der Waals surface area contributed by atoms with Crippen molar-refractivity contribution in [3.05, 3.63) is 58.1 Å². The lowest BCUT2D eigenvalue weighted by molar-refractivity contribution is -0.145. The van der Waals surface area contributed by atoms with Crippen LogP contribution in [0.1, 0.15) is 30.8 Å². The number of thiocarbonyl (C=S) groups is 2. The Bertz CT molecular complexity index is 1190. The second-order valence-corrected chi connectivity index (χ2v) is 10.6. The first-order chi connectivity index (χ1) is 16.3. The molecule has 2 aliphatic heterocycles. The van der Waals surface area contributed by atoms with E-state index < -0.39 is 17.9 Å². The van der Waals surface area contributed by atoms with Crippen LogP contribution in [0.2, 0.25) is 0 Å². The van der Waals surface area contributed by atoms with Crippen LogP contribution in [-0.4, -0.2) is 53.9 Å². The topological polar surface area (TPSA) is 104 Å². The molecule has 0 unspecified atom stereocenters. The number of nitrogens with zero attached hydrogens (tertiary/aromatic N) is 2. The fraction of sp³-hybridized carbons (Fsp3) is 0.227. The number of carbonyl (C=O) groups excluding carboxylic acids is 2. The molecule has 2 aromatic rings. The van der Waals surface area contributed by atoms with E-state index in [-0.39, 0.29) is 16.6 Å². The van der Waals surface area contributed by atoms with E-state index in [1.165, 1.54) is 29.2 Å². The largest absolute Gasteiger partial charge is 0.480 e. The summed E-state index contributed by atoms with van der Waals surface area (Å²) >= 11 is 12.9. The molecule has 12 heteroatoms. The third kappa shape index (κ3) is 5.35. The molecule has 0 bridgehead atoms. The molecule has 0 aromatic carbocycles. The first-order valence-electron chi connectivity index (χ1n) is 10.2. The van der Waals surface area contributed by atoms with Gasteiger partial charge in [-0.15, -0.1) is 0 Å². The molecule has 0 radical (unpaired) electrons. The van der Waals surface area contributed by atoms with E-state index in [2.05, 4.69) is 0 Å². The Morgan fingerprint density at radius 1 is 0.971 bits per heavy atom. The van der Waals surface area contributed by atoms with E-state index in [9.17, 15) is 19.5 Å². The van der Waals surface area contributed by atoms with Gasteiger partial charge in [0, 0.05) is 18.7 Å². The number of unbranched alkanes of at least 4 members (excludes halogenated alkanes) is 1. The zero-order valence-electron chi connectivity index (χ0n) is 17.5. The van der Waals surface area contributed by atoms with Gasteiger partial charge in [-0.1, -0.05) is 48.0 Å². The number of furan rings is 2. The van der Waals surface area contributed by atoms with E-state index in [0.717, 1.165) is 16.7 Å². The van der Waals surface area contributed by atoms with E-state index in [1.807, 2.05) is 0 Å². The molecule has 1 atom stereocenters. The summed E-state index contributed by atoms with van der Waals surface area (Å²) < 4.78 is 11.1. The van der Waals surface area contributed by atoms with Crippen molar-refractivity contribution in [3.63, 3.8) is 0 Å². The molecule has 0 spiro atoms. The molecule has 2 aromatic heterocycles. The maximum absolute atomic E-state index is 12.8. The highest BCUT2D eigenvalue weighted by molar-refractivity contribution is 8.27. The number of amides is 2. The molecule has 2 aliphatic rings. The number of aliphatic carboxylic acids is 1. The average molecular weight is 535 g/mol. The molecular weight excluding hydrogens is 517 g/mol. The van der Waals surface area contributed by atoms with E-state index >= 15 is 0 Å². The highest BCUT2D eigenvalue weighted by atomic mass is 32.2. The van der Waals surface area contributed by atoms with Crippen molar-refractivity contribution in [2.75, 3.05) is 6.54 Å². The van der Waals surface area contributed by atoms with Gasteiger partial charge in [0.25, 0.3) is 11.8 Å². The molecule has 2 saturated heterocycles. The van der Waals surface area contributed by atoms with Gasteiger partial charge < -0.3 is 13.9 Å². The molecule has 2 amide bonds. The quantitative estimate of drug-likeness (QED) is 0.279. The highest BCUT2D eigenvalue weighted by Crippen LogP contribution is 2.36. The number of hydrogen-bond donors (Lipinski definition) is 1. The normalized spacial score (nSPS) is 19.8. The van der Waals surface area contributed by atoms with Crippen LogP contribution in [-0.2, 0) is 14.4 Å². The van der Waals surface area contributed by atoms with Gasteiger partial charge in [-0.05, 0) is 43.5 Å². The maximum atomic E-state index is 12.8. The molecule has 4 rings (SSSR count). The predicted octanol–water partition coefficient (Wildman–Crippen LogP) is 4.60.